The first kappa shape index (κ1) is 27.2. The lowest BCUT2D eigenvalue weighted by Crippen LogP contribution is -2.18. The first-order chi connectivity index (χ1) is 17.2. The van der Waals surface area contributed by atoms with E-state index in [9.17, 15) is 4.79 Å². The van der Waals surface area contributed by atoms with Crippen molar-refractivity contribution in [2.24, 2.45) is 18.9 Å². The zero-order valence-corrected chi connectivity index (χ0v) is 22.7. The second kappa shape index (κ2) is 14.3. The van der Waals surface area contributed by atoms with Gasteiger partial charge >= 0.3 is 0 Å². The van der Waals surface area contributed by atoms with Gasteiger partial charge in [0, 0.05) is 37.4 Å². The Bertz CT molecular complexity index is 1040. The van der Waals surface area contributed by atoms with Crippen molar-refractivity contribution >= 4 is 16.7 Å². The molecule has 0 saturated heterocycles. The summed E-state index contributed by atoms with van der Waals surface area (Å²) in [5, 5.41) is 1.29. The van der Waals surface area contributed by atoms with Gasteiger partial charge in [-0.2, -0.15) is 0 Å². The smallest absolute Gasteiger partial charge is 0.136 e. The molecule has 0 spiro atoms. The normalized spacial score (nSPS) is 15.3. The maximum absolute atomic E-state index is 13.0. The highest BCUT2D eigenvalue weighted by Gasteiger charge is 2.22. The number of nitrogens with zero attached hydrogens (tertiary/aromatic N) is 1. The molecule has 2 nitrogen and oxygen atoms in total. The van der Waals surface area contributed by atoms with Crippen LogP contribution in [0.25, 0.3) is 22.2 Å². The third-order valence-electron chi connectivity index (χ3n) is 7.75. The van der Waals surface area contributed by atoms with Crippen LogP contribution in [-0.2, 0) is 18.3 Å². The number of hydrogen-bond donors (Lipinski definition) is 0. The molecule has 2 heteroatoms. The minimum Gasteiger partial charge on any atom is -0.344 e. The van der Waals surface area contributed by atoms with Gasteiger partial charge in [-0.3, -0.25) is 4.79 Å². The molecule has 2 aromatic carbocycles. The Morgan fingerprint density at radius 1 is 0.971 bits per heavy atom. The molecule has 0 amide bonds. The number of hydrogen-bond acceptors (Lipinski definition) is 1. The highest BCUT2D eigenvalue weighted by Crippen LogP contribution is 2.30. The predicted octanol–water partition coefficient (Wildman–Crippen LogP) is 9.79. The highest BCUT2D eigenvalue weighted by molar-refractivity contribution is 5.87. The molecule has 1 aliphatic rings. The molecule has 0 radical (unpaired) electrons. The minimum atomic E-state index is 0. The zero-order chi connectivity index (χ0) is 25.0. The van der Waals surface area contributed by atoms with E-state index in [0.29, 0.717) is 17.6 Å². The number of Topliss-reactive ketones (excluding diaryl/α,β-unsaturated/α-hetero) is 1. The Kier molecular flexibility index (Phi) is 11.1. The van der Waals surface area contributed by atoms with Crippen LogP contribution in [0.15, 0.2) is 54.6 Å². The summed E-state index contributed by atoms with van der Waals surface area (Å²) < 4.78 is 2.30. The van der Waals surface area contributed by atoms with Crippen molar-refractivity contribution in [3.8, 4) is 11.3 Å². The van der Waals surface area contributed by atoms with E-state index in [-0.39, 0.29) is 1.43 Å². The van der Waals surface area contributed by atoms with Crippen LogP contribution in [0.4, 0.5) is 0 Å². The standard InChI is InChI=1S/C31H41NO.C2H6.H2/c1-3-12-24(22-31(33)26-16-6-4-5-7-17-26)13-10-14-25-15-11-19-27(21-25)30-23-28-18-8-9-20-29(28)32(30)2;1-2;/h8-9,11,15,18-21,23-24,26H,3-7,10,12-14,16-17,22H2,1-2H3;1-2H3;1H. The maximum Gasteiger partial charge on any atom is 0.136 e. The van der Waals surface area contributed by atoms with Crippen LogP contribution in [0.2, 0.25) is 0 Å². The molecule has 1 saturated carbocycles. The van der Waals surface area contributed by atoms with Gasteiger partial charge in [0.2, 0.25) is 0 Å². The van der Waals surface area contributed by atoms with Crippen molar-refractivity contribution in [1.82, 2.24) is 4.57 Å². The number of aryl methyl sites for hydroxylation is 2. The summed E-state index contributed by atoms with van der Waals surface area (Å²) in [6.07, 6.45) is 14.0. The lowest BCUT2D eigenvalue weighted by atomic mass is 9.85. The Hall–Kier alpha value is -2.35. The molecule has 0 N–H and O–H groups in total. The van der Waals surface area contributed by atoms with Gasteiger partial charge in [0.25, 0.3) is 0 Å². The fourth-order valence-electron chi connectivity index (χ4n) is 5.86. The molecule has 35 heavy (non-hydrogen) atoms. The van der Waals surface area contributed by atoms with Crippen LogP contribution in [0.3, 0.4) is 0 Å². The Labute approximate surface area is 215 Å². The van der Waals surface area contributed by atoms with Gasteiger partial charge in [-0.25, -0.2) is 0 Å². The maximum atomic E-state index is 13.0. The molecular weight excluding hydrogens is 426 g/mol. The van der Waals surface area contributed by atoms with E-state index >= 15 is 0 Å². The molecule has 192 valence electrons. The van der Waals surface area contributed by atoms with Crippen molar-refractivity contribution < 1.29 is 6.22 Å². The molecule has 1 heterocycles. The second-order valence-corrected chi connectivity index (χ2v) is 10.3. The fraction of sp³-hybridized carbons (Fsp3) is 0.545. The van der Waals surface area contributed by atoms with Gasteiger partial charge in [-0.05, 0) is 67.3 Å². The lowest BCUT2D eigenvalue weighted by Gasteiger charge is -2.19. The van der Waals surface area contributed by atoms with Crippen LogP contribution >= 0.6 is 0 Å². The highest BCUT2D eigenvalue weighted by atomic mass is 16.1. The van der Waals surface area contributed by atoms with E-state index in [2.05, 4.69) is 73.1 Å². The van der Waals surface area contributed by atoms with Crippen molar-refractivity contribution in [3.05, 3.63) is 60.2 Å². The number of ketones is 1. The van der Waals surface area contributed by atoms with Crippen LogP contribution in [-0.4, -0.2) is 10.4 Å². The monoisotopic (exact) mass is 475 g/mol. The quantitative estimate of drug-likeness (QED) is 0.267. The molecule has 1 unspecified atom stereocenters. The average molecular weight is 476 g/mol. The molecule has 1 fully saturated rings. The molecule has 1 aromatic heterocycles. The summed E-state index contributed by atoms with van der Waals surface area (Å²) in [5.41, 5.74) is 5.25. The van der Waals surface area contributed by atoms with E-state index in [1.807, 2.05) is 13.8 Å². The topological polar surface area (TPSA) is 22.0 Å². The van der Waals surface area contributed by atoms with Gasteiger partial charge in [-0.1, -0.05) is 95.7 Å². The number of para-hydroxylation sites is 1. The largest absolute Gasteiger partial charge is 0.344 e. The third-order valence-corrected chi connectivity index (χ3v) is 7.75. The number of carbonyl (C=O) groups is 1. The van der Waals surface area contributed by atoms with E-state index in [1.54, 1.807) is 0 Å². The fourth-order valence-corrected chi connectivity index (χ4v) is 5.86. The van der Waals surface area contributed by atoms with E-state index < -0.39 is 0 Å². The Morgan fingerprint density at radius 3 is 2.43 bits per heavy atom. The van der Waals surface area contributed by atoms with Crippen molar-refractivity contribution in [2.75, 3.05) is 0 Å². The van der Waals surface area contributed by atoms with Gasteiger partial charge in [0.1, 0.15) is 5.78 Å². The number of rotatable bonds is 10. The SMILES string of the molecule is CC.CCCC(CCCc1cccc(-c2cc3ccccc3n2C)c1)CC(=O)C1CCCCCC1.[HH]. The van der Waals surface area contributed by atoms with Crippen LogP contribution in [0.5, 0.6) is 0 Å². The summed E-state index contributed by atoms with van der Waals surface area (Å²) in [5.74, 6) is 1.48. The minimum absolute atomic E-state index is 0. The summed E-state index contributed by atoms with van der Waals surface area (Å²) in [6.45, 7) is 6.26. The molecule has 0 bridgehead atoms. The zero-order valence-electron chi connectivity index (χ0n) is 22.7. The van der Waals surface area contributed by atoms with Gasteiger partial charge in [0.15, 0.2) is 0 Å². The van der Waals surface area contributed by atoms with Crippen molar-refractivity contribution in [3.63, 3.8) is 0 Å². The summed E-state index contributed by atoms with van der Waals surface area (Å²) in [6, 6.07) is 19.9. The summed E-state index contributed by atoms with van der Waals surface area (Å²) >= 11 is 0. The lowest BCUT2D eigenvalue weighted by molar-refractivity contribution is -0.124. The molecule has 3 aromatic rings. The number of benzene rings is 2. The predicted molar refractivity (Wildman–Crippen MR) is 154 cm³/mol. The van der Waals surface area contributed by atoms with E-state index in [0.717, 1.165) is 25.7 Å². The Balaban J connectivity index is 0.00000148. The average Bonchev–Trinajstić information content (AvgIpc) is 3.04. The van der Waals surface area contributed by atoms with Gasteiger partial charge in [-0.15, -0.1) is 0 Å². The number of fused-ring (bicyclic) bond motifs is 1. The molecule has 4 rings (SSSR count). The Morgan fingerprint density at radius 2 is 1.71 bits per heavy atom. The third kappa shape index (κ3) is 7.56. The first-order valence-corrected chi connectivity index (χ1v) is 14.3. The summed E-state index contributed by atoms with van der Waals surface area (Å²) in [4.78, 5) is 13.0. The van der Waals surface area contributed by atoms with E-state index in [4.69, 9.17) is 0 Å². The summed E-state index contributed by atoms with van der Waals surface area (Å²) in [7, 11) is 2.16. The van der Waals surface area contributed by atoms with Crippen LogP contribution in [0.1, 0.15) is 98.4 Å². The molecule has 1 atom stereocenters. The van der Waals surface area contributed by atoms with Crippen molar-refractivity contribution in [2.45, 2.75) is 97.8 Å². The van der Waals surface area contributed by atoms with Gasteiger partial charge < -0.3 is 4.57 Å². The van der Waals surface area contributed by atoms with Crippen LogP contribution < -0.4 is 0 Å². The molecular formula is C33H49NO. The molecule has 1 aliphatic carbocycles. The van der Waals surface area contributed by atoms with E-state index in [1.165, 1.54) is 79.1 Å². The first-order valence-electron chi connectivity index (χ1n) is 14.3. The number of carbonyl (C=O) groups excluding carboxylic acids is 1. The van der Waals surface area contributed by atoms with Crippen LogP contribution in [0, 0.1) is 11.8 Å². The van der Waals surface area contributed by atoms with Gasteiger partial charge in [0.05, 0.1) is 0 Å². The number of aromatic nitrogens is 1. The molecule has 0 aliphatic heterocycles. The second-order valence-electron chi connectivity index (χ2n) is 10.3. The van der Waals surface area contributed by atoms with Crippen molar-refractivity contribution in [1.29, 1.82) is 0 Å².